The van der Waals surface area contributed by atoms with Gasteiger partial charge in [0.25, 0.3) is 11.3 Å². The van der Waals surface area contributed by atoms with E-state index in [1.807, 2.05) is 39.8 Å². The second-order valence-corrected chi connectivity index (χ2v) is 10.3. The van der Waals surface area contributed by atoms with Crippen LogP contribution < -0.4 is 16.2 Å². The van der Waals surface area contributed by atoms with Crippen LogP contribution in [0.5, 0.6) is 0 Å². The van der Waals surface area contributed by atoms with Gasteiger partial charge in [0.2, 0.25) is 0 Å². The van der Waals surface area contributed by atoms with Gasteiger partial charge in [0.15, 0.2) is 0 Å². The van der Waals surface area contributed by atoms with Gasteiger partial charge in [-0.3, -0.25) is 9.27 Å². The number of halogens is 1. The predicted octanol–water partition coefficient (Wildman–Crippen LogP) is 6.14. The minimum absolute atomic E-state index is 0.362. The highest BCUT2D eigenvalue weighted by molar-refractivity contribution is 7.80. The molecule has 0 spiro atoms. The summed E-state index contributed by atoms with van der Waals surface area (Å²) in [5.74, 6) is -0.362. The molecule has 1 aliphatic carbocycles. The number of nitrogen functional groups attached to an aromatic ring is 2. The third-order valence-corrected chi connectivity index (χ3v) is 7.77. The molecule has 0 heterocycles. The van der Waals surface area contributed by atoms with Gasteiger partial charge in [-0.1, -0.05) is 42.5 Å². The lowest BCUT2D eigenvalue weighted by Crippen LogP contribution is -2.29. The van der Waals surface area contributed by atoms with E-state index in [1.54, 1.807) is 18.2 Å². The number of rotatable bonds is 4. The van der Waals surface area contributed by atoms with Crippen LogP contribution in [0, 0.1) is 33.5 Å². The summed E-state index contributed by atoms with van der Waals surface area (Å²) in [4.78, 5) is 0. The number of fused-ring (bicyclic) bond motifs is 3. The van der Waals surface area contributed by atoms with E-state index in [1.165, 1.54) is 6.07 Å². The Hall–Kier alpha value is -3.68. The third-order valence-electron chi connectivity index (χ3n) is 7.37. The van der Waals surface area contributed by atoms with E-state index in [9.17, 15) is 13.2 Å². The maximum absolute atomic E-state index is 15.0. The van der Waals surface area contributed by atoms with Crippen molar-refractivity contribution in [2.45, 2.75) is 33.1 Å². The molecule has 0 bridgehead atoms. The van der Waals surface area contributed by atoms with Crippen LogP contribution in [0.2, 0.25) is 0 Å². The van der Waals surface area contributed by atoms with Gasteiger partial charge in [-0.05, 0) is 96.0 Å². The van der Waals surface area contributed by atoms with E-state index in [-0.39, 0.29) is 5.82 Å². The minimum atomic E-state index is -2.28. The zero-order valence-corrected chi connectivity index (χ0v) is 21.4. The van der Waals surface area contributed by atoms with E-state index >= 15 is 0 Å². The molecule has 4 aromatic rings. The SMILES string of the molecule is Cc1cc(C2(c3cc(C)c(N)c(C)c3)c3cc(F)ccc3-c3c(NS(=O)O)cccc32)cc(C)c1N. The van der Waals surface area contributed by atoms with Crippen molar-refractivity contribution in [2.24, 2.45) is 0 Å². The lowest BCUT2D eigenvalue weighted by Gasteiger charge is -2.35. The van der Waals surface area contributed by atoms with Crippen LogP contribution >= 0.6 is 0 Å². The molecule has 0 aromatic heterocycles. The molecule has 1 aliphatic rings. The number of nitrogens with one attached hydrogen (secondary N) is 1. The van der Waals surface area contributed by atoms with Crippen LogP contribution in [-0.4, -0.2) is 8.76 Å². The zero-order chi connectivity index (χ0) is 25.9. The maximum Gasteiger partial charge on any atom is 0.259 e. The van der Waals surface area contributed by atoms with Gasteiger partial charge >= 0.3 is 0 Å². The molecule has 36 heavy (non-hydrogen) atoms. The minimum Gasteiger partial charge on any atom is -0.398 e. The summed E-state index contributed by atoms with van der Waals surface area (Å²) >= 11 is -2.28. The average molecular weight is 502 g/mol. The summed E-state index contributed by atoms with van der Waals surface area (Å²) in [6.45, 7) is 7.87. The summed E-state index contributed by atoms with van der Waals surface area (Å²) in [6, 6.07) is 18.5. The highest BCUT2D eigenvalue weighted by Gasteiger charge is 2.48. The summed E-state index contributed by atoms with van der Waals surface area (Å²) in [7, 11) is 0. The largest absolute Gasteiger partial charge is 0.398 e. The van der Waals surface area contributed by atoms with E-state index in [0.717, 1.165) is 55.6 Å². The smallest absolute Gasteiger partial charge is 0.259 e. The summed E-state index contributed by atoms with van der Waals surface area (Å²) in [6.07, 6.45) is 0. The third kappa shape index (κ3) is 3.42. The van der Waals surface area contributed by atoms with Crippen LogP contribution in [0.15, 0.2) is 60.7 Å². The summed E-state index contributed by atoms with van der Waals surface area (Å²) < 4.78 is 39.1. The monoisotopic (exact) mass is 501 g/mol. The average Bonchev–Trinajstić information content (AvgIpc) is 3.11. The van der Waals surface area contributed by atoms with Gasteiger partial charge in [-0.25, -0.2) is 8.60 Å². The van der Waals surface area contributed by atoms with Crippen LogP contribution in [0.1, 0.15) is 44.5 Å². The molecule has 0 aliphatic heterocycles. The summed E-state index contributed by atoms with van der Waals surface area (Å²) in [5, 5.41) is 0. The molecule has 6 N–H and O–H groups in total. The first-order chi connectivity index (χ1) is 17.0. The molecule has 5 nitrogen and oxygen atoms in total. The second-order valence-electron chi connectivity index (χ2n) is 9.57. The molecule has 0 fully saturated rings. The van der Waals surface area contributed by atoms with Crippen molar-refractivity contribution in [1.82, 2.24) is 0 Å². The van der Waals surface area contributed by atoms with Crippen LogP contribution in [0.3, 0.4) is 0 Å². The quantitative estimate of drug-likeness (QED) is 0.176. The number of aryl methyl sites for hydroxylation is 4. The Balaban J connectivity index is 2.02. The second kappa shape index (κ2) is 8.47. The zero-order valence-electron chi connectivity index (χ0n) is 20.6. The molecular formula is C29H28FN3O2S. The number of hydrogen-bond donors (Lipinski definition) is 4. The molecule has 0 radical (unpaired) electrons. The van der Waals surface area contributed by atoms with Gasteiger partial charge in [-0.2, -0.15) is 0 Å². The standard InChI is InChI=1S/C29H28FN3O2S/c1-15-10-19(11-16(2)27(15)31)29(20-12-17(3)28(32)18(4)13-20)23-6-5-7-25(33-36(34)35)26(23)22-9-8-21(30)14-24(22)29/h5-14,33H,31-32H2,1-4H3,(H,34,35). The van der Waals surface area contributed by atoms with Gasteiger partial charge in [-0.15, -0.1) is 0 Å². The molecule has 1 unspecified atom stereocenters. The molecule has 1 atom stereocenters. The Morgan fingerprint density at radius 1 is 0.806 bits per heavy atom. The Morgan fingerprint density at radius 2 is 1.33 bits per heavy atom. The lowest BCUT2D eigenvalue weighted by atomic mass is 9.66. The Morgan fingerprint density at radius 3 is 1.83 bits per heavy atom. The lowest BCUT2D eigenvalue weighted by molar-refractivity contribution is 0.570. The van der Waals surface area contributed by atoms with Crippen molar-refractivity contribution < 1.29 is 13.2 Å². The van der Waals surface area contributed by atoms with E-state index in [4.69, 9.17) is 11.5 Å². The first kappa shape index (κ1) is 24.0. The molecule has 0 amide bonds. The maximum atomic E-state index is 15.0. The van der Waals surface area contributed by atoms with Crippen LogP contribution in [0.25, 0.3) is 11.1 Å². The van der Waals surface area contributed by atoms with Gasteiger partial charge < -0.3 is 11.5 Å². The van der Waals surface area contributed by atoms with Crippen molar-refractivity contribution in [3.63, 3.8) is 0 Å². The molecule has 5 rings (SSSR count). The number of benzene rings is 4. The fraction of sp³-hybridized carbons (Fsp3) is 0.172. The van der Waals surface area contributed by atoms with Gasteiger partial charge in [0, 0.05) is 16.9 Å². The van der Waals surface area contributed by atoms with Crippen molar-refractivity contribution in [1.29, 1.82) is 0 Å². The van der Waals surface area contributed by atoms with Crippen molar-refractivity contribution in [2.75, 3.05) is 16.2 Å². The first-order valence-corrected chi connectivity index (χ1v) is 12.7. The molecule has 4 aromatic carbocycles. The molecule has 0 saturated carbocycles. The normalized spacial score (nSPS) is 14.3. The highest BCUT2D eigenvalue weighted by Crippen LogP contribution is 2.58. The van der Waals surface area contributed by atoms with E-state index < -0.39 is 16.7 Å². The first-order valence-electron chi connectivity index (χ1n) is 11.6. The topological polar surface area (TPSA) is 101 Å². The van der Waals surface area contributed by atoms with Crippen LogP contribution in [-0.2, 0) is 16.7 Å². The highest BCUT2D eigenvalue weighted by atomic mass is 32.2. The number of hydrogen-bond acceptors (Lipinski definition) is 3. The molecular weight excluding hydrogens is 473 g/mol. The van der Waals surface area contributed by atoms with Gasteiger partial charge in [0.1, 0.15) is 5.82 Å². The number of nitrogens with two attached hydrogens (primary N) is 2. The van der Waals surface area contributed by atoms with Crippen molar-refractivity contribution in [3.05, 3.63) is 111 Å². The fourth-order valence-corrected chi connectivity index (χ4v) is 6.05. The van der Waals surface area contributed by atoms with Crippen molar-refractivity contribution in [3.8, 4) is 11.1 Å². The summed E-state index contributed by atoms with van der Waals surface area (Å²) in [5.41, 5.74) is 22.4. The molecule has 0 saturated heterocycles. The fourth-order valence-electron chi connectivity index (χ4n) is 5.69. The van der Waals surface area contributed by atoms with Gasteiger partial charge in [0.05, 0.1) is 11.1 Å². The Bertz CT molecular complexity index is 1480. The molecule has 184 valence electrons. The van der Waals surface area contributed by atoms with Crippen molar-refractivity contribution >= 4 is 28.3 Å². The molecule has 7 heteroatoms. The van der Waals surface area contributed by atoms with Crippen LogP contribution in [0.4, 0.5) is 21.5 Å². The Kier molecular flexibility index (Phi) is 5.65. The Labute approximate surface area is 212 Å². The predicted molar refractivity (Wildman–Crippen MR) is 146 cm³/mol. The van der Waals surface area contributed by atoms with E-state index in [2.05, 4.69) is 29.0 Å². The number of anilines is 3. The van der Waals surface area contributed by atoms with E-state index in [0.29, 0.717) is 17.1 Å².